The fourth-order valence-electron chi connectivity index (χ4n) is 0.972. The monoisotopic (exact) mass is 257 g/mol. The second-order valence-electron chi connectivity index (χ2n) is 3.23. The van der Waals surface area contributed by atoms with Crippen LogP contribution in [0.15, 0.2) is 0 Å². The number of hydrogen-bond acceptors (Lipinski definition) is 2. The summed E-state index contributed by atoms with van der Waals surface area (Å²) in [5.74, 6) is 0. The normalized spacial score (nSPS) is 16.3. The maximum absolute atomic E-state index is 12.2. The van der Waals surface area contributed by atoms with Gasteiger partial charge in [0.15, 0.2) is 5.60 Å². The van der Waals surface area contributed by atoms with Gasteiger partial charge < -0.3 is 10.0 Å². The van der Waals surface area contributed by atoms with Crippen molar-refractivity contribution in [1.82, 2.24) is 4.90 Å². The van der Waals surface area contributed by atoms with Crippen molar-refractivity contribution in [3.63, 3.8) is 0 Å². The van der Waals surface area contributed by atoms with Crippen LogP contribution < -0.4 is 0 Å². The van der Waals surface area contributed by atoms with Gasteiger partial charge in [-0.1, -0.05) is 13.8 Å². The van der Waals surface area contributed by atoms with Crippen molar-refractivity contribution in [3.05, 3.63) is 0 Å². The number of hydrogen-bond donors (Lipinski definition) is 1. The maximum Gasteiger partial charge on any atom is 0.418 e. The van der Waals surface area contributed by atoms with Crippen LogP contribution in [0.5, 0.6) is 0 Å². The molecule has 1 N–H and O–H groups in total. The molecule has 0 fully saturated rings. The van der Waals surface area contributed by atoms with E-state index in [4.69, 9.17) is 5.11 Å². The summed E-state index contributed by atoms with van der Waals surface area (Å²) in [7, 11) is 0. The van der Waals surface area contributed by atoms with Crippen LogP contribution in [0.1, 0.15) is 20.8 Å². The summed E-state index contributed by atoms with van der Waals surface area (Å²) in [6.07, 6.45) is -4.56. The zero-order chi connectivity index (χ0) is 10.7. The van der Waals surface area contributed by atoms with Gasteiger partial charge in [-0.2, -0.15) is 13.2 Å². The molecule has 14 heavy (non-hydrogen) atoms. The van der Waals surface area contributed by atoms with E-state index < -0.39 is 11.8 Å². The van der Waals surface area contributed by atoms with Crippen molar-refractivity contribution in [1.29, 1.82) is 0 Å². The predicted octanol–water partition coefficient (Wildman–Crippen LogP) is 1.64. The third-order valence-corrected chi connectivity index (χ3v) is 2.04. The van der Waals surface area contributed by atoms with E-state index in [2.05, 4.69) is 0 Å². The molecule has 0 amide bonds. The number of likely N-dealkylation sites (N-methyl/N-ethyl adjacent to an activating group) is 1. The van der Waals surface area contributed by atoms with Crippen LogP contribution in [0.25, 0.3) is 0 Å². The molecule has 0 saturated heterocycles. The zero-order valence-corrected chi connectivity index (χ0v) is 9.45. The SMILES string of the molecule is CCN(CC)CC(C)(O)C(F)(F)F.[Ni]. The zero-order valence-electron chi connectivity index (χ0n) is 8.47. The van der Waals surface area contributed by atoms with Gasteiger partial charge in [-0.05, 0) is 20.0 Å². The van der Waals surface area contributed by atoms with Gasteiger partial charge >= 0.3 is 6.18 Å². The summed E-state index contributed by atoms with van der Waals surface area (Å²) in [6, 6.07) is 0. The van der Waals surface area contributed by atoms with Crippen molar-refractivity contribution >= 4 is 0 Å². The summed E-state index contributed by atoms with van der Waals surface area (Å²) in [5, 5.41) is 9.12. The molecule has 0 aromatic rings. The fraction of sp³-hybridized carbons (Fsp3) is 1.00. The standard InChI is InChI=1S/C8H16F3NO.Ni/c1-4-12(5-2)6-7(3,13)8(9,10)11;/h13H,4-6H2,1-3H3;. The number of nitrogens with zero attached hydrogens (tertiary/aromatic N) is 1. The first-order valence-corrected chi connectivity index (χ1v) is 4.26. The molecule has 0 aromatic carbocycles. The van der Waals surface area contributed by atoms with E-state index in [1.54, 1.807) is 13.8 Å². The average molecular weight is 258 g/mol. The molecule has 2 nitrogen and oxygen atoms in total. The van der Waals surface area contributed by atoms with Crippen molar-refractivity contribution in [3.8, 4) is 0 Å². The van der Waals surface area contributed by atoms with Gasteiger partial charge in [-0.15, -0.1) is 0 Å². The van der Waals surface area contributed by atoms with Gasteiger partial charge in [-0.25, -0.2) is 0 Å². The number of aliphatic hydroxyl groups is 1. The van der Waals surface area contributed by atoms with E-state index in [-0.39, 0.29) is 23.0 Å². The van der Waals surface area contributed by atoms with Crippen molar-refractivity contribution < 1.29 is 34.8 Å². The van der Waals surface area contributed by atoms with E-state index in [1.165, 1.54) is 4.90 Å². The van der Waals surface area contributed by atoms with E-state index in [1.807, 2.05) is 0 Å². The van der Waals surface area contributed by atoms with E-state index in [0.717, 1.165) is 6.92 Å². The van der Waals surface area contributed by atoms with Gasteiger partial charge in [-0.3, -0.25) is 0 Å². The van der Waals surface area contributed by atoms with Crippen molar-refractivity contribution in [2.75, 3.05) is 19.6 Å². The Morgan fingerprint density at radius 1 is 1.14 bits per heavy atom. The molecule has 0 aromatic heterocycles. The van der Waals surface area contributed by atoms with Gasteiger partial charge in [0.05, 0.1) is 0 Å². The van der Waals surface area contributed by atoms with E-state index >= 15 is 0 Å². The first-order chi connectivity index (χ1) is 5.74. The molecule has 0 aliphatic carbocycles. The molecular formula is C8H16F3NNiO. The first-order valence-electron chi connectivity index (χ1n) is 4.26. The van der Waals surface area contributed by atoms with Crippen LogP contribution in [0.4, 0.5) is 13.2 Å². The molecule has 0 bridgehead atoms. The van der Waals surface area contributed by atoms with Crippen LogP contribution in [-0.2, 0) is 16.5 Å². The topological polar surface area (TPSA) is 23.5 Å². The fourth-order valence-corrected chi connectivity index (χ4v) is 0.972. The van der Waals surface area contributed by atoms with Crippen LogP contribution in [0.2, 0.25) is 0 Å². The molecule has 1 atom stereocenters. The minimum atomic E-state index is -4.56. The third kappa shape index (κ3) is 4.62. The number of rotatable bonds is 4. The van der Waals surface area contributed by atoms with Crippen LogP contribution in [-0.4, -0.2) is 41.4 Å². The second kappa shape index (κ2) is 5.93. The van der Waals surface area contributed by atoms with Crippen LogP contribution >= 0.6 is 0 Å². The molecule has 0 radical (unpaired) electrons. The van der Waals surface area contributed by atoms with Gasteiger partial charge in [0.2, 0.25) is 0 Å². The average Bonchev–Trinajstić information content (AvgIpc) is 1.98. The molecular weight excluding hydrogens is 242 g/mol. The third-order valence-electron chi connectivity index (χ3n) is 2.04. The molecule has 90 valence electrons. The van der Waals surface area contributed by atoms with Crippen molar-refractivity contribution in [2.45, 2.75) is 32.5 Å². The van der Waals surface area contributed by atoms with Crippen LogP contribution in [0.3, 0.4) is 0 Å². The Morgan fingerprint density at radius 3 is 1.71 bits per heavy atom. The minimum absolute atomic E-state index is 0. The summed E-state index contributed by atoms with van der Waals surface area (Å²) < 4.78 is 36.6. The predicted molar refractivity (Wildman–Crippen MR) is 44.5 cm³/mol. The molecule has 0 spiro atoms. The maximum atomic E-state index is 12.2. The van der Waals surface area contributed by atoms with Crippen molar-refractivity contribution in [2.24, 2.45) is 0 Å². The first kappa shape index (κ1) is 16.6. The Hall–Kier alpha value is 0.204. The molecule has 0 aliphatic heterocycles. The summed E-state index contributed by atoms with van der Waals surface area (Å²) >= 11 is 0. The van der Waals surface area contributed by atoms with E-state index in [9.17, 15) is 13.2 Å². The molecule has 0 rings (SSSR count). The Morgan fingerprint density at radius 2 is 1.50 bits per heavy atom. The van der Waals surface area contributed by atoms with Gasteiger partial charge in [0.1, 0.15) is 0 Å². The summed E-state index contributed by atoms with van der Waals surface area (Å²) in [6.45, 7) is 4.95. The van der Waals surface area contributed by atoms with Gasteiger partial charge in [0.25, 0.3) is 0 Å². The second-order valence-corrected chi connectivity index (χ2v) is 3.23. The largest absolute Gasteiger partial charge is 0.418 e. The molecule has 1 unspecified atom stereocenters. The smallest absolute Gasteiger partial charge is 0.380 e. The summed E-state index contributed by atoms with van der Waals surface area (Å²) in [5.41, 5.74) is -2.61. The van der Waals surface area contributed by atoms with Crippen LogP contribution in [0, 0.1) is 0 Å². The quantitative estimate of drug-likeness (QED) is 0.775. The molecule has 0 saturated carbocycles. The Balaban J connectivity index is 0. The number of alkyl halides is 3. The molecule has 6 heteroatoms. The van der Waals surface area contributed by atoms with Gasteiger partial charge in [0, 0.05) is 23.0 Å². The summed E-state index contributed by atoms with van der Waals surface area (Å²) in [4.78, 5) is 1.54. The Kier molecular flexibility index (Phi) is 7.05. The molecule has 0 aliphatic rings. The number of halogens is 3. The Labute approximate surface area is 92.4 Å². The van der Waals surface area contributed by atoms with E-state index in [0.29, 0.717) is 13.1 Å². The molecule has 0 heterocycles. The minimum Gasteiger partial charge on any atom is -0.380 e. The Bertz CT molecular complexity index is 157.